The Bertz CT molecular complexity index is 617. The molecule has 0 radical (unpaired) electrons. The van der Waals surface area contributed by atoms with Gasteiger partial charge in [0, 0.05) is 6.07 Å². The number of nitrogens with one attached hydrogen (secondary N) is 1. The minimum absolute atomic E-state index is 0.217. The Kier molecular flexibility index (Phi) is 4.09. The van der Waals surface area contributed by atoms with Gasteiger partial charge in [-0.05, 0) is 18.2 Å². The molecule has 1 N–H and O–H groups in total. The normalized spacial score (nSPS) is 9.95. The number of esters is 1. The molecule has 0 aliphatic rings. The lowest BCUT2D eigenvalue weighted by Crippen LogP contribution is -2.07. The number of anilines is 2. The molecule has 2 aromatic heterocycles. The molecule has 0 aliphatic carbocycles. The fourth-order valence-corrected chi connectivity index (χ4v) is 1.49. The van der Waals surface area contributed by atoms with E-state index in [2.05, 4.69) is 20.0 Å². The molecular formula is C13H12FN3O3. The van der Waals surface area contributed by atoms with Crippen molar-refractivity contribution < 1.29 is 18.7 Å². The number of methoxy groups -OCH3 is 2. The van der Waals surface area contributed by atoms with Crippen LogP contribution in [0.5, 0.6) is 5.88 Å². The molecule has 0 aliphatic heterocycles. The van der Waals surface area contributed by atoms with Crippen molar-refractivity contribution in [3.8, 4) is 5.88 Å². The largest absolute Gasteiger partial charge is 0.481 e. The van der Waals surface area contributed by atoms with Crippen molar-refractivity contribution >= 4 is 17.5 Å². The summed E-state index contributed by atoms with van der Waals surface area (Å²) >= 11 is 0. The molecule has 0 aromatic carbocycles. The molecule has 104 valence electrons. The molecule has 0 atom stereocenters. The highest BCUT2D eigenvalue weighted by atomic mass is 19.1. The molecule has 0 unspecified atom stereocenters. The first-order valence-electron chi connectivity index (χ1n) is 5.66. The molecule has 0 bridgehead atoms. The number of halogens is 1. The minimum Gasteiger partial charge on any atom is -0.481 e. The van der Waals surface area contributed by atoms with Crippen molar-refractivity contribution in [3.05, 3.63) is 42.0 Å². The van der Waals surface area contributed by atoms with Crippen LogP contribution in [-0.2, 0) is 4.74 Å². The third kappa shape index (κ3) is 3.00. The zero-order chi connectivity index (χ0) is 14.5. The summed E-state index contributed by atoms with van der Waals surface area (Å²) < 4.78 is 23.0. The van der Waals surface area contributed by atoms with Gasteiger partial charge in [-0.3, -0.25) is 0 Å². The fraction of sp³-hybridized carbons (Fsp3) is 0.154. The van der Waals surface area contributed by atoms with Crippen molar-refractivity contribution in [2.75, 3.05) is 19.5 Å². The monoisotopic (exact) mass is 277 g/mol. The highest BCUT2D eigenvalue weighted by molar-refractivity contribution is 5.89. The Morgan fingerprint density at radius 2 is 2.05 bits per heavy atom. The Morgan fingerprint density at radius 3 is 2.60 bits per heavy atom. The van der Waals surface area contributed by atoms with Crippen LogP contribution in [0.15, 0.2) is 30.5 Å². The fourth-order valence-electron chi connectivity index (χ4n) is 1.49. The molecule has 2 aromatic rings. The van der Waals surface area contributed by atoms with E-state index in [0.29, 0.717) is 11.6 Å². The lowest BCUT2D eigenvalue weighted by atomic mass is 10.2. The van der Waals surface area contributed by atoms with Gasteiger partial charge >= 0.3 is 5.97 Å². The second kappa shape index (κ2) is 5.96. The summed E-state index contributed by atoms with van der Waals surface area (Å²) in [4.78, 5) is 18.9. The number of pyridine rings is 2. The smallest absolute Gasteiger partial charge is 0.342 e. The van der Waals surface area contributed by atoms with Gasteiger partial charge in [0.1, 0.15) is 11.4 Å². The third-order valence-corrected chi connectivity index (χ3v) is 2.47. The van der Waals surface area contributed by atoms with E-state index in [0.717, 1.165) is 0 Å². The van der Waals surface area contributed by atoms with Crippen LogP contribution < -0.4 is 10.1 Å². The lowest BCUT2D eigenvalue weighted by molar-refractivity contribution is 0.0594. The number of rotatable bonds is 4. The minimum atomic E-state index is -0.900. The lowest BCUT2D eigenvalue weighted by Gasteiger charge is -2.07. The van der Waals surface area contributed by atoms with Gasteiger partial charge in [-0.15, -0.1) is 0 Å². The second-order valence-corrected chi connectivity index (χ2v) is 3.74. The van der Waals surface area contributed by atoms with E-state index >= 15 is 0 Å². The van der Waals surface area contributed by atoms with E-state index in [9.17, 15) is 9.18 Å². The first kappa shape index (κ1) is 13.7. The first-order valence-corrected chi connectivity index (χ1v) is 5.66. The van der Waals surface area contributed by atoms with Crippen LogP contribution in [0.25, 0.3) is 0 Å². The second-order valence-electron chi connectivity index (χ2n) is 3.74. The summed E-state index contributed by atoms with van der Waals surface area (Å²) in [5.74, 6) is -0.950. The summed E-state index contributed by atoms with van der Waals surface area (Å²) in [5.41, 5.74) is 0.398. The Labute approximate surface area is 114 Å². The molecule has 7 heteroatoms. The van der Waals surface area contributed by atoms with E-state index in [-0.39, 0.29) is 11.4 Å². The Balaban J connectivity index is 2.17. The van der Waals surface area contributed by atoms with Crippen LogP contribution in [0.2, 0.25) is 0 Å². The van der Waals surface area contributed by atoms with Crippen LogP contribution in [0, 0.1) is 5.95 Å². The van der Waals surface area contributed by atoms with E-state index < -0.39 is 11.9 Å². The SMILES string of the molecule is COC(=O)c1ccc(Nc2ccc(OC)nc2)nc1F. The zero-order valence-electron chi connectivity index (χ0n) is 10.9. The Morgan fingerprint density at radius 1 is 1.25 bits per heavy atom. The summed E-state index contributed by atoms with van der Waals surface area (Å²) in [6.45, 7) is 0. The van der Waals surface area contributed by atoms with Crippen LogP contribution in [-0.4, -0.2) is 30.2 Å². The molecule has 2 heterocycles. The molecule has 0 spiro atoms. The van der Waals surface area contributed by atoms with Crippen molar-refractivity contribution in [2.24, 2.45) is 0 Å². The number of nitrogens with zero attached hydrogens (tertiary/aromatic N) is 2. The van der Waals surface area contributed by atoms with Gasteiger partial charge < -0.3 is 14.8 Å². The molecular weight excluding hydrogens is 265 g/mol. The van der Waals surface area contributed by atoms with Gasteiger partial charge in [-0.1, -0.05) is 0 Å². The van der Waals surface area contributed by atoms with Gasteiger partial charge in [0.05, 0.1) is 26.1 Å². The number of carbonyl (C=O) groups excluding carboxylic acids is 1. The van der Waals surface area contributed by atoms with Crippen LogP contribution in [0.3, 0.4) is 0 Å². The predicted molar refractivity (Wildman–Crippen MR) is 69.6 cm³/mol. The molecule has 0 fully saturated rings. The number of hydrogen-bond donors (Lipinski definition) is 1. The topological polar surface area (TPSA) is 73.3 Å². The van der Waals surface area contributed by atoms with Gasteiger partial charge in [0.25, 0.3) is 0 Å². The van der Waals surface area contributed by atoms with Gasteiger partial charge in [-0.2, -0.15) is 4.39 Å². The van der Waals surface area contributed by atoms with Crippen LogP contribution >= 0.6 is 0 Å². The number of ether oxygens (including phenoxy) is 2. The summed E-state index contributed by atoms with van der Waals surface area (Å²) in [6.07, 6.45) is 1.52. The molecule has 2 rings (SSSR count). The molecule has 0 saturated heterocycles. The number of hydrogen-bond acceptors (Lipinski definition) is 6. The summed E-state index contributed by atoms with van der Waals surface area (Å²) in [7, 11) is 2.69. The van der Waals surface area contributed by atoms with Crippen molar-refractivity contribution in [2.45, 2.75) is 0 Å². The number of carbonyl (C=O) groups is 1. The standard InChI is InChI=1S/C13H12FN3O3/c1-19-11-6-3-8(7-15-11)16-10-5-4-9(12(14)17-10)13(18)20-2/h3-7H,1-2H3,(H,16,17). The van der Waals surface area contributed by atoms with Crippen molar-refractivity contribution in [1.29, 1.82) is 0 Å². The molecule has 0 saturated carbocycles. The zero-order valence-corrected chi connectivity index (χ0v) is 10.9. The average molecular weight is 277 g/mol. The van der Waals surface area contributed by atoms with E-state index in [1.165, 1.54) is 32.5 Å². The van der Waals surface area contributed by atoms with E-state index in [4.69, 9.17) is 4.74 Å². The van der Waals surface area contributed by atoms with Gasteiger partial charge in [-0.25, -0.2) is 14.8 Å². The summed E-state index contributed by atoms with van der Waals surface area (Å²) in [6, 6.07) is 6.13. The Hall–Kier alpha value is -2.70. The highest BCUT2D eigenvalue weighted by Gasteiger charge is 2.13. The first-order chi connectivity index (χ1) is 9.63. The molecule has 6 nitrogen and oxygen atoms in total. The van der Waals surface area contributed by atoms with Crippen LogP contribution in [0.4, 0.5) is 15.9 Å². The molecule has 0 amide bonds. The average Bonchev–Trinajstić information content (AvgIpc) is 2.47. The predicted octanol–water partition coefficient (Wildman–Crippen LogP) is 2.15. The maximum atomic E-state index is 13.6. The van der Waals surface area contributed by atoms with Crippen LogP contribution in [0.1, 0.15) is 10.4 Å². The quantitative estimate of drug-likeness (QED) is 0.682. The summed E-state index contributed by atoms with van der Waals surface area (Å²) in [5, 5.41) is 2.86. The van der Waals surface area contributed by atoms with E-state index in [1.807, 2.05) is 0 Å². The maximum Gasteiger partial charge on any atom is 0.342 e. The van der Waals surface area contributed by atoms with Gasteiger partial charge in [0.15, 0.2) is 0 Å². The van der Waals surface area contributed by atoms with E-state index in [1.54, 1.807) is 12.1 Å². The maximum absolute atomic E-state index is 13.6. The van der Waals surface area contributed by atoms with Crippen molar-refractivity contribution in [1.82, 2.24) is 9.97 Å². The molecule has 20 heavy (non-hydrogen) atoms. The van der Waals surface area contributed by atoms with Crippen molar-refractivity contribution in [3.63, 3.8) is 0 Å². The third-order valence-electron chi connectivity index (χ3n) is 2.47. The van der Waals surface area contributed by atoms with Gasteiger partial charge in [0.2, 0.25) is 11.8 Å². The highest BCUT2D eigenvalue weighted by Crippen LogP contribution is 2.17. The number of aromatic nitrogens is 2.